The van der Waals surface area contributed by atoms with Gasteiger partial charge in [-0.15, -0.1) is 0 Å². The maximum absolute atomic E-state index is 12.4. The molecule has 5 heteroatoms. The van der Waals surface area contributed by atoms with E-state index in [0.717, 1.165) is 16.5 Å². The first kappa shape index (κ1) is 14.0. The highest BCUT2D eigenvalue weighted by atomic mass is 35.5. The summed E-state index contributed by atoms with van der Waals surface area (Å²) in [6.45, 7) is 1.86. The van der Waals surface area contributed by atoms with Gasteiger partial charge in [-0.05, 0) is 30.7 Å². The van der Waals surface area contributed by atoms with Crippen LogP contribution in [0.4, 0.5) is 5.69 Å². The lowest BCUT2D eigenvalue weighted by molar-refractivity contribution is 0.102. The second-order valence-electron chi connectivity index (χ2n) is 4.78. The Morgan fingerprint density at radius 2 is 1.90 bits per heavy atom. The number of para-hydroxylation sites is 1. The van der Waals surface area contributed by atoms with E-state index in [9.17, 15) is 4.79 Å². The zero-order valence-electron chi connectivity index (χ0n) is 11.2. The smallest absolute Gasteiger partial charge is 0.257 e. The lowest BCUT2D eigenvalue weighted by atomic mass is 10.1. The number of rotatable bonds is 2. The molecule has 0 spiro atoms. The van der Waals surface area contributed by atoms with Crippen molar-refractivity contribution in [3.63, 3.8) is 0 Å². The monoisotopic (exact) mass is 318 g/mol. The second kappa shape index (κ2) is 5.43. The predicted molar refractivity (Wildman–Crippen MR) is 87.5 cm³/mol. The molecular weight excluding hydrogens is 307 g/mol. The van der Waals surface area contributed by atoms with Crippen LogP contribution in [-0.4, -0.2) is 10.9 Å². The van der Waals surface area contributed by atoms with Crippen LogP contribution in [0.15, 0.2) is 42.6 Å². The van der Waals surface area contributed by atoms with E-state index in [4.69, 9.17) is 23.2 Å². The molecule has 0 radical (unpaired) electrons. The molecule has 1 heterocycles. The zero-order valence-corrected chi connectivity index (χ0v) is 12.7. The molecule has 21 heavy (non-hydrogen) atoms. The van der Waals surface area contributed by atoms with Crippen LogP contribution < -0.4 is 5.32 Å². The average molecular weight is 319 g/mol. The molecule has 2 N–H and O–H groups in total. The molecule has 0 fully saturated rings. The van der Waals surface area contributed by atoms with E-state index in [-0.39, 0.29) is 5.91 Å². The van der Waals surface area contributed by atoms with Gasteiger partial charge in [-0.2, -0.15) is 0 Å². The molecule has 0 unspecified atom stereocenters. The molecule has 3 rings (SSSR count). The maximum atomic E-state index is 12.4. The number of aryl methyl sites for hydroxylation is 1. The highest BCUT2D eigenvalue weighted by Gasteiger charge is 2.14. The quantitative estimate of drug-likeness (QED) is 0.683. The fraction of sp³-hybridized carbons (Fsp3) is 0.0625. The van der Waals surface area contributed by atoms with Crippen molar-refractivity contribution in [2.75, 3.05) is 5.32 Å². The topological polar surface area (TPSA) is 44.9 Å². The number of hydrogen-bond donors (Lipinski definition) is 2. The summed E-state index contributed by atoms with van der Waals surface area (Å²) in [5.41, 5.74) is 2.85. The van der Waals surface area contributed by atoms with Gasteiger partial charge in [0.1, 0.15) is 0 Å². The van der Waals surface area contributed by atoms with E-state index >= 15 is 0 Å². The molecule has 2 aromatic carbocycles. The van der Waals surface area contributed by atoms with Crippen molar-refractivity contribution in [1.29, 1.82) is 0 Å². The number of carbonyl (C=O) groups is 1. The Balaban J connectivity index is 1.95. The van der Waals surface area contributed by atoms with Crippen molar-refractivity contribution in [2.24, 2.45) is 0 Å². The molecule has 3 nitrogen and oxygen atoms in total. The Bertz CT molecular complexity index is 839. The molecule has 0 aliphatic heterocycles. The number of hydrogen-bond acceptors (Lipinski definition) is 1. The summed E-state index contributed by atoms with van der Waals surface area (Å²) in [4.78, 5) is 15.5. The lowest BCUT2D eigenvalue weighted by Gasteiger charge is -2.09. The molecule has 106 valence electrons. The molecule has 0 aliphatic carbocycles. The van der Waals surface area contributed by atoms with Gasteiger partial charge in [0.15, 0.2) is 0 Å². The van der Waals surface area contributed by atoms with Crippen LogP contribution in [0.5, 0.6) is 0 Å². The number of halogens is 2. The first-order chi connectivity index (χ1) is 10.1. The number of aromatic amines is 1. The van der Waals surface area contributed by atoms with E-state index < -0.39 is 0 Å². The van der Waals surface area contributed by atoms with Crippen molar-refractivity contribution in [3.8, 4) is 0 Å². The molecular formula is C16H12Cl2N2O. The third-order valence-electron chi connectivity index (χ3n) is 3.33. The summed E-state index contributed by atoms with van der Waals surface area (Å²) in [6.07, 6.45) is 1.68. The van der Waals surface area contributed by atoms with Gasteiger partial charge in [0.05, 0.1) is 16.3 Å². The standard InChI is InChI=1S/C16H12Cl2N2O/c1-9-6-13(18)15(7-12(9)17)20-16(21)11-8-19-14-5-3-2-4-10(11)14/h2-8,19H,1H3,(H,20,21). The molecule has 0 atom stereocenters. The normalized spacial score (nSPS) is 10.8. The molecule has 3 aromatic rings. The number of carbonyl (C=O) groups excluding carboxylic acids is 1. The van der Waals surface area contributed by atoms with Gasteiger partial charge in [-0.1, -0.05) is 41.4 Å². The van der Waals surface area contributed by atoms with E-state index in [1.165, 1.54) is 0 Å². The van der Waals surface area contributed by atoms with Gasteiger partial charge in [0, 0.05) is 22.1 Å². The van der Waals surface area contributed by atoms with E-state index in [1.54, 1.807) is 18.3 Å². The number of nitrogens with one attached hydrogen (secondary N) is 2. The molecule has 0 saturated heterocycles. The molecule has 0 saturated carbocycles. The molecule has 0 bridgehead atoms. The zero-order chi connectivity index (χ0) is 15.0. The lowest BCUT2D eigenvalue weighted by Crippen LogP contribution is -2.11. The number of benzene rings is 2. The minimum absolute atomic E-state index is 0.228. The summed E-state index contributed by atoms with van der Waals surface area (Å²) >= 11 is 12.2. The number of H-pyrrole nitrogens is 1. The Morgan fingerprint density at radius 3 is 2.71 bits per heavy atom. The van der Waals surface area contributed by atoms with Gasteiger partial charge in [0.25, 0.3) is 5.91 Å². The summed E-state index contributed by atoms with van der Waals surface area (Å²) in [6, 6.07) is 11.0. The fourth-order valence-electron chi connectivity index (χ4n) is 2.19. The van der Waals surface area contributed by atoms with Crippen LogP contribution in [0.1, 0.15) is 15.9 Å². The van der Waals surface area contributed by atoms with Gasteiger partial charge in [-0.25, -0.2) is 0 Å². The van der Waals surface area contributed by atoms with Gasteiger partial charge < -0.3 is 10.3 Å². The third-order valence-corrected chi connectivity index (χ3v) is 4.05. The van der Waals surface area contributed by atoms with Crippen LogP contribution in [0, 0.1) is 6.92 Å². The SMILES string of the molecule is Cc1cc(Cl)c(NC(=O)c2c[nH]c3ccccc23)cc1Cl. The highest BCUT2D eigenvalue weighted by Crippen LogP contribution is 2.29. The van der Waals surface area contributed by atoms with Crippen molar-refractivity contribution in [1.82, 2.24) is 4.98 Å². The Labute approximate surface area is 131 Å². The number of aromatic nitrogens is 1. The number of anilines is 1. The molecule has 0 aliphatic rings. The van der Waals surface area contributed by atoms with E-state index in [0.29, 0.717) is 21.3 Å². The summed E-state index contributed by atoms with van der Waals surface area (Å²) < 4.78 is 0. The van der Waals surface area contributed by atoms with Crippen LogP contribution in [0.25, 0.3) is 10.9 Å². The van der Waals surface area contributed by atoms with Crippen LogP contribution in [0.3, 0.4) is 0 Å². The minimum atomic E-state index is -0.228. The van der Waals surface area contributed by atoms with Crippen molar-refractivity contribution >= 4 is 45.7 Å². The van der Waals surface area contributed by atoms with Crippen molar-refractivity contribution in [2.45, 2.75) is 6.92 Å². The van der Waals surface area contributed by atoms with Gasteiger partial charge in [-0.3, -0.25) is 4.79 Å². The summed E-state index contributed by atoms with van der Waals surface area (Å²) in [5.74, 6) is -0.228. The molecule has 1 amide bonds. The van der Waals surface area contributed by atoms with E-state index in [1.807, 2.05) is 31.2 Å². The average Bonchev–Trinajstić information content (AvgIpc) is 2.88. The summed E-state index contributed by atoms with van der Waals surface area (Å²) in [5, 5.41) is 4.69. The van der Waals surface area contributed by atoms with Crippen molar-refractivity contribution in [3.05, 3.63) is 63.8 Å². The van der Waals surface area contributed by atoms with E-state index in [2.05, 4.69) is 10.3 Å². The van der Waals surface area contributed by atoms with Crippen molar-refractivity contribution < 1.29 is 4.79 Å². The van der Waals surface area contributed by atoms with Crippen LogP contribution in [0.2, 0.25) is 10.0 Å². The third kappa shape index (κ3) is 2.62. The minimum Gasteiger partial charge on any atom is -0.360 e. The van der Waals surface area contributed by atoms with Gasteiger partial charge in [0.2, 0.25) is 0 Å². The Morgan fingerprint density at radius 1 is 1.14 bits per heavy atom. The Hall–Kier alpha value is -1.97. The predicted octanol–water partition coefficient (Wildman–Crippen LogP) is 5.04. The van der Waals surface area contributed by atoms with Crippen LogP contribution in [-0.2, 0) is 0 Å². The maximum Gasteiger partial charge on any atom is 0.257 e. The first-order valence-corrected chi connectivity index (χ1v) is 7.15. The Kier molecular flexibility index (Phi) is 3.62. The fourth-order valence-corrected chi connectivity index (χ4v) is 2.62. The highest BCUT2D eigenvalue weighted by molar-refractivity contribution is 6.36. The summed E-state index contributed by atoms with van der Waals surface area (Å²) in [7, 11) is 0. The van der Waals surface area contributed by atoms with Crippen LogP contribution >= 0.6 is 23.2 Å². The largest absolute Gasteiger partial charge is 0.360 e. The van der Waals surface area contributed by atoms with Gasteiger partial charge >= 0.3 is 0 Å². The molecule has 1 aromatic heterocycles. The number of fused-ring (bicyclic) bond motifs is 1. The number of amides is 1. The second-order valence-corrected chi connectivity index (χ2v) is 5.60. The first-order valence-electron chi connectivity index (χ1n) is 6.39.